The molecule has 0 radical (unpaired) electrons. The van der Waals surface area contributed by atoms with E-state index in [1.807, 2.05) is 42.6 Å². The molecule has 196 valence electrons. The summed E-state index contributed by atoms with van der Waals surface area (Å²) >= 11 is 1.26. The average molecular weight is 519 g/mol. The van der Waals surface area contributed by atoms with Gasteiger partial charge in [0, 0.05) is 19.6 Å². The number of amides is 3. The normalized spacial score (nSPS) is 14.1. The van der Waals surface area contributed by atoms with Gasteiger partial charge in [-0.25, -0.2) is 0 Å². The number of nitrogens with zero attached hydrogens (tertiary/aromatic N) is 1. The lowest BCUT2D eigenvalue weighted by Gasteiger charge is -2.40. The third-order valence-electron chi connectivity index (χ3n) is 5.90. The second-order valence-electron chi connectivity index (χ2n) is 8.67. The zero-order valence-electron chi connectivity index (χ0n) is 20.5. The Balaban J connectivity index is 0.00000145. The van der Waals surface area contributed by atoms with Crippen molar-refractivity contribution in [1.29, 1.82) is 0 Å². The summed E-state index contributed by atoms with van der Waals surface area (Å²) < 4.78 is 0.418. The Labute approximate surface area is 214 Å². The fourth-order valence-electron chi connectivity index (χ4n) is 4.21. The molecule has 0 saturated carbocycles. The van der Waals surface area contributed by atoms with E-state index in [1.54, 1.807) is 0 Å². The molecule has 11 heteroatoms. The van der Waals surface area contributed by atoms with Crippen LogP contribution in [0.1, 0.15) is 40.1 Å². The Kier molecular flexibility index (Phi) is 12.0. The number of aliphatic hydroxyl groups excluding tert-OH is 1. The smallest absolute Gasteiger partial charge is 0.279 e. The molecule has 1 saturated heterocycles. The van der Waals surface area contributed by atoms with Crippen LogP contribution in [0.3, 0.4) is 0 Å². The van der Waals surface area contributed by atoms with Crippen molar-refractivity contribution in [3.8, 4) is 0 Å². The third kappa shape index (κ3) is 9.06. The van der Waals surface area contributed by atoms with Crippen LogP contribution in [0.25, 0.3) is 0 Å². The van der Waals surface area contributed by atoms with Crippen molar-refractivity contribution in [2.75, 3.05) is 44.6 Å². The highest BCUT2D eigenvalue weighted by Gasteiger charge is 2.35. The maximum Gasteiger partial charge on any atom is 0.279 e. The summed E-state index contributed by atoms with van der Waals surface area (Å²) in [5.41, 5.74) is 2.35. The van der Waals surface area contributed by atoms with Gasteiger partial charge in [0.1, 0.15) is 4.88 Å². The molecule has 0 atom stereocenters. The van der Waals surface area contributed by atoms with Crippen LogP contribution in [0.5, 0.6) is 0 Å². The molecule has 2 aromatic rings. The summed E-state index contributed by atoms with van der Waals surface area (Å²) in [6.07, 6.45) is 3.06. The molecule has 36 heavy (non-hydrogen) atoms. The molecule has 1 aromatic carbocycles. The van der Waals surface area contributed by atoms with E-state index in [9.17, 15) is 14.4 Å². The van der Waals surface area contributed by atoms with Crippen molar-refractivity contribution in [1.82, 2.24) is 10.6 Å². The monoisotopic (exact) mass is 518 g/mol. The largest absolute Gasteiger partial charge is 0.554 e. The fraction of sp³-hybridized carbons (Fsp3) is 0.440. The molecule has 0 unspecified atom stereocenters. The standard InChI is InChI=1S/C24H32N4O4S.CH2O2/c1-18-17-33-23(24(32)25-10-13-29)22(18)27-21(31)16-28(11-6-3-7-12-28)15-20(30)26-14-19-8-4-2-5-9-19;2-1-3/h2,4-5,8-9,17,29H,3,6-7,10-16H2,1H3,(H2-,25,26,27,30,31,32);1H,(H,2,3). The summed E-state index contributed by atoms with van der Waals surface area (Å²) in [5, 5.41) is 27.6. The van der Waals surface area contributed by atoms with Gasteiger partial charge in [-0.2, -0.15) is 0 Å². The van der Waals surface area contributed by atoms with Crippen LogP contribution in [0.2, 0.25) is 0 Å². The summed E-state index contributed by atoms with van der Waals surface area (Å²) in [6, 6.07) is 9.76. The minimum atomic E-state index is -0.500. The first kappa shape index (κ1) is 29.0. The summed E-state index contributed by atoms with van der Waals surface area (Å²) in [7, 11) is 0. The van der Waals surface area contributed by atoms with E-state index >= 15 is 0 Å². The number of hydrogen-bond donors (Lipinski definition) is 4. The molecule has 10 nitrogen and oxygen atoms in total. The second-order valence-corrected chi connectivity index (χ2v) is 9.55. The van der Waals surface area contributed by atoms with Crippen molar-refractivity contribution in [3.63, 3.8) is 0 Å². The lowest BCUT2D eigenvalue weighted by atomic mass is 10.1. The highest BCUT2D eigenvalue weighted by Crippen LogP contribution is 2.28. The first-order chi connectivity index (χ1) is 17.3. The zero-order valence-corrected chi connectivity index (χ0v) is 21.3. The number of aliphatic hydroxyl groups is 1. The van der Waals surface area contributed by atoms with Gasteiger partial charge in [0.15, 0.2) is 13.1 Å². The van der Waals surface area contributed by atoms with E-state index < -0.39 is 6.47 Å². The van der Waals surface area contributed by atoms with Crippen LogP contribution < -0.4 is 21.1 Å². The molecular formula is C25H34N4O6S. The Morgan fingerprint density at radius 3 is 2.33 bits per heavy atom. The van der Waals surface area contributed by atoms with Crippen LogP contribution in [-0.2, 0) is 20.9 Å². The second kappa shape index (κ2) is 15.0. The molecule has 3 amide bonds. The minimum absolute atomic E-state index is 0.0654. The minimum Gasteiger partial charge on any atom is -0.554 e. The van der Waals surface area contributed by atoms with Gasteiger partial charge in [-0.1, -0.05) is 30.3 Å². The molecule has 3 rings (SSSR count). The van der Waals surface area contributed by atoms with Crippen molar-refractivity contribution in [2.24, 2.45) is 0 Å². The predicted molar refractivity (Wildman–Crippen MR) is 135 cm³/mol. The van der Waals surface area contributed by atoms with Crippen LogP contribution in [-0.4, -0.2) is 73.1 Å². The highest BCUT2D eigenvalue weighted by molar-refractivity contribution is 7.13. The molecule has 0 bridgehead atoms. The van der Waals surface area contributed by atoms with E-state index in [2.05, 4.69) is 16.0 Å². The van der Waals surface area contributed by atoms with E-state index in [4.69, 9.17) is 15.0 Å². The topological polar surface area (TPSA) is 148 Å². The van der Waals surface area contributed by atoms with Crippen LogP contribution >= 0.6 is 11.3 Å². The summed E-state index contributed by atoms with van der Waals surface area (Å²) in [5.74, 6) is -0.589. The summed E-state index contributed by atoms with van der Waals surface area (Å²) in [6.45, 7) is 3.81. The number of rotatable bonds is 10. The number of carbonyl (C=O) groups excluding carboxylic acids is 4. The molecule has 1 fully saturated rings. The molecule has 4 N–H and O–H groups in total. The average Bonchev–Trinajstić information content (AvgIpc) is 3.22. The molecular weight excluding hydrogens is 484 g/mol. The van der Waals surface area contributed by atoms with E-state index in [1.165, 1.54) is 11.3 Å². The molecule has 0 aliphatic carbocycles. The quantitative estimate of drug-likeness (QED) is 0.264. The van der Waals surface area contributed by atoms with Crippen LogP contribution in [0.4, 0.5) is 5.69 Å². The number of likely N-dealkylation sites (tertiary alicyclic amines) is 1. The predicted octanol–water partition coefficient (Wildman–Crippen LogP) is 0.400. The number of quaternary nitrogens is 1. The van der Waals surface area contributed by atoms with Crippen LogP contribution in [0.15, 0.2) is 35.7 Å². The van der Waals surface area contributed by atoms with Gasteiger partial charge in [-0.15, -0.1) is 11.3 Å². The van der Waals surface area contributed by atoms with Crippen molar-refractivity contribution < 1.29 is 33.9 Å². The summed E-state index contributed by atoms with van der Waals surface area (Å²) in [4.78, 5) is 46.9. The van der Waals surface area contributed by atoms with Crippen LogP contribution in [0, 0.1) is 6.92 Å². The van der Waals surface area contributed by atoms with E-state index in [0.29, 0.717) is 21.6 Å². The van der Waals surface area contributed by atoms with Crippen molar-refractivity contribution in [2.45, 2.75) is 32.7 Å². The molecule has 2 heterocycles. The number of carboxylic acid groups (broad SMARTS) is 1. The van der Waals surface area contributed by atoms with Gasteiger partial charge in [-0.3, -0.25) is 14.4 Å². The van der Waals surface area contributed by atoms with Gasteiger partial charge in [0.25, 0.3) is 17.7 Å². The molecule has 0 spiro atoms. The van der Waals surface area contributed by atoms with Crippen molar-refractivity contribution >= 4 is 41.2 Å². The number of carbonyl (C=O) groups is 4. The van der Waals surface area contributed by atoms with E-state index in [0.717, 1.165) is 43.5 Å². The maximum absolute atomic E-state index is 13.1. The van der Waals surface area contributed by atoms with Gasteiger partial charge in [-0.05, 0) is 42.7 Å². The molecule has 1 aromatic heterocycles. The lowest BCUT2D eigenvalue weighted by molar-refractivity contribution is -0.917. The Hall–Kier alpha value is -3.28. The number of anilines is 1. The fourth-order valence-corrected chi connectivity index (χ4v) is 5.13. The number of piperidine rings is 1. The third-order valence-corrected chi connectivity index (χ3v) is 7.00. The lowest BCUT2D eigenvalue weighted by Crippen LogP contribution is -2.59. The van der Waals surface area contributed by atoms with Crippen molar-refractivity contribution in [3.05, 3.63) is 51.7 Å². The Morgan fingerprint density at radius 2 is 1.69 bits per heavy atom. The maximum atomic E-state index is 13.1. The Bertz CT molecular complexity index is 1010. The number of nitrogens with one attached hydrogen (secondary N) is 3. The number of thiophene rings is 1. The first-order valence-electron chi connectivity index (χ1n) is 11.8. The highest BCUT2D eigenvalue weighted by atomic mass is 32.1. The van der Waals surface area contributed by atoms with Gasteiger partial charge < -0.3 is 35.4 Å². The van der Waals surface area contributed by atoms with Gasteiger partial charge in [0.2, 0.25) is 0 Å². The van der Waals surface area contributed by atoms with Gasteiger partial charge in [0.05, 0.1) is 25.4 Å². The zero-order chi connectivity index (χ0) is 26.4. The Morgan fingerprint density at radius 1 is 1.06 bits per heavy atom. The van der Waals surface area contributed by atoms with E-state index in [-0.39, 0.29) is 44.0 Å². The molecule has 1 aliphatic rings. The number of benzene rings is 1. The number of aryl methyl sites for hydroxylation is 1. The number of hydrogen-bond acceptors (Lipinski definition) is 7. The first-order valence-corrected chi connectivity index (χ1v) is 12.7. The van der Waals surface area contributed by atoms with Gasteiger partial charge >= 0.3 is 0 Å². The SMILES string of the molecule is Cc1csc(C(=O)NCCO)c1NC(=O)C[N+]1(CC(=O)NCc2ccccc2)CCCCC1.O=C[O-]. The molecule has 1 aliphatic heterocycles.